The molecule has 1 aliphatic heterocycles. The Morgan fingerprint density at radius 1 is 1.71 bits per heavy atom. The Hall–Kier alpha value is -1.08. The van der Waals surface area contributed by atoms with Gasteiger partial charge in [0, 0.05) is 6.54 Å². The molecule has 0 radical (unpaired) electrons. The van der Waals surface area contributed by atoms with E-state index in [-0.39, 0.29) is 11.9 Å². The van der Waals surface area contributed by atoms with Gasteiger partial charge < -0.3 is 4.74 Å². The van der Waals surface area contributed by atoms with Crippen LogP contribution in [0.5, 0.6) is 0 Å². The number of nitriles is 1. The predicted octanol–water partition coefficient (Wildman–Crippen LogP) is 0.785. The lowest BCUT2D eigenvalue weighted by atomic mass is 10.00. The van der Waals surface area contributed by atoms with E-state index in [0.29, 0.717) is 19.7 Å². The minimum Gasteiger partial charge on any atom is -0.465 e. The topological polar surface area (TPSA) is 53.3 Å². The molecule has 1 atom stereocenters. The maximum absolute atomic E-state index is 11.2. The fourth-order valence-corrected chi connectivity index (χ4v) is 1.69. The summed E-state index contributed by atoms with van der Waals surface area (Å²) in [4.78, 5) is 13.2. The van der Waals surface area contributed by atoms with Crippen LogP contribution in [0.15, 0.2) is 0 Å². The van der Waals surface area contributed by atoms with Crippen LogP contribution in [0.1, 0.15) is 19.8 Å². The van der Waals surface area contributed by atoms with Crippen molar-refractivity contribution in [3.8, 4) is 6.07 Å². The highest BCUT2D eigenvalue weighted by molar-refractivity contribution is 5.71. The first-order chi connectivity index (χ1) is 6.76. The molecule has 4 heteroatoms. The Morgan fingerprint density at radius 2 is 2.50 bits per heavy atom. The number of carbonyl (C=O) groups excluding carboxylic acids is 1. The van der Waals surface area contributed by atoms with Crippen molar-refractivity contribution in [3.63, 3.8) is 0 Å². The Bertz CT molecular complexity index is 235. The van der Waals surface area contributed by atoms with Gasteiger partial charge in [0.1, 0.15) is 0 Å². The molecule has 0 N–H and O–H groups in total. The summed E-state index contributed by atoms with van der Waals surface area (Å²) >= 11 is 0. The van der Waals surface area contributed by atoms with Gasteiger partial charge in [-0.25, -0.2) is 0 Å². The van der Waals surface area contributed by atoms with Crippen molar-refractivity contribution >= 4 is 5.97 Å². The van der Waals surface area contributed by atoms with Gasteiger partial charge in [0.2, 0.25) is 0 Å². The molecular weight excluding hydrogens is 180 g/mol. The van der Waals surface area contributed by atoms with Crippen molar-refractivity contribution in [2.75, 3.05) is 26.2 Å². The second-order valence-electron chi connectivity index (χ2n) is 3.51. The van der Waals surface area contributed by atoms with Crippen LogP contribution in [0.2, 0.25) is 0 Å². The zero-order valence-corrected chi connectivity index (χ0v) is 8.53. The highest BCUT2D eigenvalue weighted by Gasteiger charge is 2.21. The van der Waals surface area contributed by atoms with Gasteiger partial charge in [-0.15, -0.1) is 0 Å². The van der Waals surface area contributed by atoms with Crippen LogP contribution < -0.4 is 0 Å². The fourth-order valence-electron chi connectivity index (χ4n) is 1.69. The summed E-state index contributed by atoms with van der Waals surface area (Å²) in [7, 11) is 0. The van der Waals surface area contributed by atoms with Gasteiger partial charge in [0.25, 0.3) is 0 Å². The summed E-state index contributed by atoms with van der Waals surface area (Å²) in [5.41, 5.74) is 0. The molecule has 1 aliphatic rings. The van der Waals surface area contributed by atoms with Gasteiger partial charge in [-0.05, 0) is 26.3 Å². The van der Waals surface area contributed by atoms with E-state index in [1.54, 1.807) is 6.92 Å². The van der Waals surface area contributed by atoms with Gasteiger partial charge in [-0.3, -0.25) is 9.69 Å². The first kappa shape index (κ1) is 11.0. The van der Waals surface area contributed by atoms with Gasteiger partial charge in [0.15, 0.2) is 0 Å². The molecule has 1 rings (SSSR count). The molecule has 14 heavy (non-hydrogen) atoms. The van der Waals surface area contributed by atoms with E-state index >= 15 is 0 Å². The average Bonchev–Trinajstić information content (AvgIpc) is 2.18. The number of hydrogen-bond donors (Lipinski definition) is 0. The van der Waals surface area contributed by atoms with Crippen LogP contribution in [0.25, 0.3) is 0 Å². The third-order valence-corrected chi connectivity index (χ3v) is 2.35. The van der Waals surface area contributed by atoms with Crippen molar-refractivity contribution in [3.05, 3.63) is 0 Å². The molecule has 4 nitrogen and oxygen atoms in total. The molecule has 0 amide bonds. The SMILES string of the molecule is CCOC(=O)CN1CCCC(C#N)C1. The fraction of sp³-hybridized carbons (Fsp3) is 0.800. The third-order valence-electron chi connectivity index (χ3n) is 2.35. The standard InChI is InChI=1S/C10H16N2O2/c1-2-14-10(13)8-12-5-3-4-9(6-11)7-12/h9H,2-5,7-8H2,1H3. The lowest BCUT2D eigenvalue weighted by Crippen LogP contribution is -2.38. The molecule has 1 unspecified atom stereocenters. The molecule has 1 saturated heterocycles. The van der Waals surface area contributed by atoms with Crippen LogP contribution in [0.3, 0.4) is 0 Å². The minimum absolute atomic E-state index is 0.0816. The molecule has 78 valence electrons. The number of piperidine rings is 1. The predicted molar refractivity (Wildman–Crippen MR) is 51.4 cm³/mol. The van der Waals surface area contributed by atoms with Crippen molar-refractivity contribution in [1.29, 1.82) is 5.26 Å². The molecule has 1 heterocycles. The van der Waals surface area contributed by atoms with Crippen molar-refractivity contribution in [2.45, 2.75) is 19.8 Å². The number of likely N-dealkylation sites (tertiary alicyclic amines) is 1. The Morgan fingerprint density at radius 3 is 3.14 bits per heavy atom. The van der Waals surface area contributed by atoms with Gasteiger partial charge in [-0.2, -0.15) is 5.26 Å². The maximum atomic E-state index is 11.2. The van der Waals surface area contributed by atoms with Crippen LogP contribution >= 0.6 is 0 Å². The van der Waals surface area contributed by atoms with Crippen LogP contribution in [-0.2, 0) is 9.53 Å². The third kappa shape index (κ3) is 3.35. The van der Waals surface area contributed by atoms with E-state index in [2.05, 4.69) is 6.07 Å². The molecule has 1 fully saturated rings. The number of carbonyl (C=O) groups is 1. The van der Waals surface area contributed by atoms with Crippen molar-refractivity contribution in [2.24, 2.45) is 5.92 Å². The first-order valence-corrected chi connectivity index (χ1v) is 5.04. The summed E-state index contributed by atoms with van der Waals surface area (Å²) in [6.07, 6.45) is 1.95. The lowest BCUT2D eigenvalue weighted by Gasteiger charge is -2.28. The van der Waals surface area contributed by atoms with E-state index in [1.807, 2.05) is 4.90 Å². The van der Waals surface area contributed by atoms with Gasteiger partial charge in [-0.1, -0.05) is 0 Å². The van der Waals surface area contributed by atoms with E-state index in [9.17, 15) is 4.79 Å². The quantitative estimate of drug-likeness (QED) is 0.626. The minimum atomic E-state index is -0.189. The van der Waals surface area contributed by atoms with Crippen LogP contribution in [0.4, 0.5) is 0 Å². The molecule has 0 aromatic carbocycles. The van der Waals surface area contributed by atoms with E-state index in [4.69, 9.17) is 10.00 Å². The second-order valence-corrected chi connectivity index (χ2v) is 3.51. The highest BCUT2D eigenvalue weighted by Crippen LogP contribution is 2.14. The van der Waals surface area contributed by atoms with E-state index in [1.165, 1.54) is 0 Å². The first-order valence-electron chi connectivity index (χ1n) is 5.04. The van der Waals surface area contributed by atoms with Crippen LogP contribution in [0, 0.1) is 17.2 Å². The lowest BCUT2D eigenvalue weighted by molar-refractivity contribution is -0.144. The zero-order chi connectivity index (χ0) is 10.4. The number of ether oxygens (including phenoxy) is 1. The molecule has 0 aromatic heterocycles. The normalized spacial score (nSPS) is 22.7. The Labute approximate surface area is 84.4 Å². The number of rotatable bonds is 3. The van der Waals surface area contributed by atoms with Crippen molar-refractivity contribution in [1.82, 2.24) is 4.90 Å². The number of esters is 1. The largest absolute Gasteiger partial charge is 0.465 e. The smallest absolute Gasteiger partial charge is 0.320 e. The molecule has 0 aromatic rings. The molecule has 0 saturated carbocycles. The molecule has 0 bridgehead atoms. The summed E-state index contributed by atoms with van der Waals surface area (Å²) < 4.78 is 4.85. The maximum Gasteiger partial charge on any atom is 0.320 e. The Balaban J connectivity index is 2.31. The number of nitrogens with zero attached hydrogens (tertiary/aromatic N) is 2. The van der Waals surface area contributed by atoms with Crippen LogP contribution in [-0.4, -0.2) is 37.1 Å². The zero-order valence-electron chi connectivity index (χ0n) is 8.53. The number of hydrogen-bond acceptors (Lipinski definition) is 4. The molecular formula is C10H16N2O2. The summed E-state index contributed by atoms with van der Waals surface area (Å²) in [6.45, 7) is 4.15. The van der Waals surface area contributed by atoms with Gasteiger partial charge >= 0.3 is 5.97 Å². The summed E-state index contributed by atoms with van der Waals surface area (Å²) in [5.74, 6) is -0.107. The Kier molecular flexibility index (Phi) is 4.41. The molecule has 0 spiro atoms. The van der Waals surface area contributed by atoms with E-state index in [0.717, 1.165) is 19.4 Å². The monoisotopic (exact) mass is 196 g/mol. The summed E-state index contributed by atoms with van der Waals surface area (Å²) in [5, 5.41) is 8.75. The summed E-state index contributed by atoms with van der Waals surface area (Å²) in [6, 6.07) is 2.25. The van der Waals surface area contributed by atoms with Gasteiger partial charge in [0.05, 0.1) is 25.1 Å². The second kappa shape index (κ2) is 5.61. The average molecular weight is 196 g/mol. The van der Waals surface area contributed by atoms with E-state index < -0.39 is 0 Å². The highest BCUT2D eigenvalue weighted by atomic mass is 16.5. The molecule has 0 aliphatic carbocycles. The van der Waals surface area contributed by atoms with Crippen molar-refractivity contribution < 1.29 is 9.53 Å².